The van der Waals surface area contributed by atoms with Crippen molar-refractivity contribution >= 4 is 18.6 Å². The van der Waals surface area contributed by atoms with Crippen molar-refractivity contribution in [3.05, 3.63) is 41.5 Å². The SMILES string of the molecule is CC.COc1ccc(/C=C\c2cc(OC)c(OC)c(OC)c2)cc1OC=O. The zero-order chi connectivity index (χ0) is 20.2. The number of benzene rings is 2. The van der Waals surface area contributed by atoms with Gasteiger partial charge in [-0.15, -0.1) is 0 Å². The highest BCUT2D eigenvalue weighted by molar-refractivity contribution is 5.74. The predicted octanol–water partition coefficient (Wildman–Crippen LogP) is 4.45. The summed E-state index contributed by atoms with van der Waals surface area (Å²) in [7, 11) is 6.20. The zero-order valence-corrected chi connectivity index (χ0v) is 16.6. The van der Waals surface area contributed by atoms with E-state index in [0.29, 0.717) is 35.2 Å². The number of hydrogen-bond donors (Lipinski definition) is 0. The van der Waals surface area contributed by atoms with Crippen molar-refractivity contribution in [2.24, 2.45) is 0 Å². The van der Waals surface area contributed by atoms with E-state index in [1.165, 1.54) is 7.11 Å². The summed E-state index contributed by atoms with van der Waals surface area (Å²) in [5, 5.41) is 0. The molecule has 0 saturated carbocycles. The zero-order valence-electron chi connectivity index (χ0n) is 16.6. The minimum Gasteiger partial charge on any atom is -0.493 e. The highest BCUT2D eigenvalue weighted by atomic mass is 16.5. The van der Waals surface area contributed by atoms with Crippen LogP contribution in [0.15, 0.2) is 30.3 Å². The fourth-order valence-electron chi connectivity index (χ4n) is 2.33. The Hall–Kier alpha value is -3.15. The fourth-order valence-corrected chi connectivity index (χ4v) is 2.33. The lowest BCUT2D eigenvalue weighted by Gasteiger charge is -2.12. The van der Waals surface area contributed by atoms with Gasteiger partial charge in [-0.25, -0.2) is 0 Å². The van der Waals surface area contributed by atoms with Crippen LogP contribution in [-0.4, -0.2) is 34.9 Å². The smallest absolute Gasteiger partial charge is 0.298 e. The van der Waals surface area contributed by atoms with E-state index in [-0.39, 0.29) is 0 Å². The van der Waals surface area contributed by atoms with Crippen LogP contribution in [0.2, 0.25) is 0 Å². The molecule has 0 aliphatic rings. The molecule has 6 nitrogen and oxygen atoms in total. The molecule has 0 radical (unpaired) electrons. The molecule has 0 aliphatic heterocycles. The number of hydrogen-bond acceptors (Lipinski definition) is 6. The standard InChI is InChI=1S/C19H20O6.C2H6/c1-21-15-8-7-13(9-16(15)25-12-20)5-6-14-10-17(22-2)19(24-4)18(11-14)23-3;1-2/h5-12H,1-4H3;1-2H3/b6-5-;. The Morgan fingerprint density at radius 2 is 1.19 bits per heavy atom. The topological polar surface area (TPSA) is 63.2 Å². The summed E-state index contributed by atoms with van der Waals surface area (Å²) >= 11 is 0. The van der Waals surface area contributed by atoms with Gasteiger partial charge in [0.25, 0.3) is 6.47 Å². The van der Waals surface area contributed by atoms with Crippen LogP contribution in [-0.2, 0) is 4.79 Å². The molecule has 0 fully saturated rings. The molecular weight excluding hydrogens is 348 g/mol. The number of methoxy groups -OCH3 is 4. The molecule has 2 aromatic rings. The second kappa shape index (κ2) is 11.5. The van der Waals surface area contributed by atoms with Gasteiger partial charge in [-0.3, -0.25) is 4.79 Å². The molecule has 0 unspecified atom stereocenters. The molecule has 2 aromatic carbocycles. The first-order valence-corrected chi connectivity index (χ1v) is 8.43. The van der Waals surface area contributed by atoms with Crippen LogP contribution in [0.25, 0.3) is 12.2 Å². The Labute approximate surface area is 160 Å². The van der Waals surface area contributed by atoms with Crippen molar-refractivity contribution in [3.8, 4) is 28.7 Å². The first-order valence-electron chi connectivity index (χ1n) is 8.43. The molecule has 0 saturated heterocycles. The Morgan fingerprint density at radius 3 is 1.67 bits per heavy atom. The van der Waals surface area contributed by atoms with E-state index in [0.717, 1.165) is 11.1 Å². The van der Waals surface area contributed by atoms with Crippen LogP contribution in [0.4, 0.5) is 0 Å². The molecule has 0 heterocycles. The minimum atomic E-state index is 0.351. The van der Waals surface area contributed by atoms with E-state index in [2.05, 4.69) is 0 Å². The summed E-state index contributed by atoms with van der Waals surface area (Å²) in [6.45, 7) is 4.37. The molecule has 0 atom stereocenters. The summed E-state index contributed by atoms with van der Waals surface area (Å²) in [6.07, 6.45) is 3.76. The summed E-state index contributed by atoms with van der Waals surface area (Å²) in [5.74, 6) is 2.51. The number of rotatable bonds is 8. The predicted molar refractivity (Wildman–Crippen MR) is 106 cm³/mol. The Balaban J connectivity index is 0.00000176. The van der Waals surface area contributed by atoms with E-state index in [1.807, 2.05) is 44.2 Å². The van der Waals surface area contributed by atoms with E-state index >= 15 is 0 Å². The molecule has 0 aromatic heterocycles. The maximum Gasteiger partial charge on any atom is 0.298 e. The lowest BCUT2D eigenvalue weighted by atomic mass is 10.1. The van der Waals surface area contributed by atoms with Gasteiger partial charge in [0.05, 0.1) is 28.4 Å². The quantitative estimate of drug-likeness (QED) is 0.502. The third-order valence-corrected chi connectivity index (χ3v) is 3.52. The van der Waals surface area contributed by atoms with Gasteiger partial charge in [-0.2, -0.15) is 0 Å². The van der Waals surface area contributed by atoms with Crippen molar-refractivity contribution in [2.75, 3.05) is 28.4 Å². The second-order valence-corrected chi connectivity index (χ2v) is 4.92. The molecule has 0 bridgehead atoms. The second-order valence-electron chi connectivity index (χ2n) is 4.92. The Bertz CT molecular complexity index is 742. The summed E-state index contributed by atoms with van der Waals surface area (Å²) in [5.41, 5.74) is 1.70. The highest BCUT2D eigenvalue weighted by Gasteiger charge is 2.12. The van der Waals surface area contributed by atoms with Gasteiger partial charge in [0.15, 0.2) is 23.0 Å². The Kier molecular flexibility index (Phi) is 9.29. The first kappa shape index (κ1) is 21.9. The van der Waals surface area contributed by atoms with Gasteiger partial charge >= 0.3 is 0 Å². The van der Waals surface area contributed by atoms with E-state index < -0.39 is 0 Å². The lowest BCUT2D eigenvalue weighted by molar-refractivity contribution is -0.120. The average Bonchev–Trinajstić information content (AvgIpc) is 2.73. The van der Waals surface area contributed by atoms with Gasteiger partial charge in [0.2, 0.25) is 5.75 Å². The van der Waals surface area contributed by atoms with Gasteiger partial charge in [0, 0.05) is 0 Å². The maximum absolute atomic E-state index is 10.6. The van der Waals surface area contributed by atoms with Crippen molar-refractivity contribution < 1.29 is 28.5 Å². The van der Waals surface area contributed by atoms with E-state index in [4.69, 9.17) is 23.7 Å². The summed E-state index contributed by atoms with van der Waals surface area (Å²) in [4.78, 5) is 10.6. The molecule has 27 heavy (non-hydrogen) atoms. The van der Waals surface area contributed by atoms with Crippen LogP contribution >= 0.6 is 0 Å². The maximum atomic E-state index is 10.6. The Morgan fingerprint density at radius 1 is 0.667 bits per heavy atom. The third-order valence-electron chi connectivity index (χ3n) is 3.52. The number of carbonyl (C=O) groups is 1. The molecule has 6 heteroatoms. The van der Waals surface area contributed by atoms with Crippen LogP contribution < -0.4 is 23.7 Å². The molecule has 0 amide bonds. The van der Waals surface area contributed by atoms with Crippen molar-refractivity contribution in [3.63, 3.8) is 0 Å². The fraction of sp³-hybridized carbons (Fsp3) is 0.286. The first-order chi connectivity index (χ1) is 13.2. The largest absolute Gasteiger partial charge is 0.493 e. The normalized spacial score (nSPS) is 9.85. The van der Waals surface area contributed by atoms with Crippen molar-refractivity contribution in [2.45, 2.75) is 13.8 Å². The van der Waals surface area contributed by atoms with Crippen LogP contribution in [0, 0.1) is 0 Å². The van der Waals surface area contributed by atoms with Gasteiger partial charge < -0.3 is 23.7 Å². The van der Waals surface area contributed by atoms with Crippen molar-refractivity contribution in [1.82, 2.24) is 0 Å². The summed E-state index contributed by atoms with van der Waals surface area (Å²) in [6, 6.07) is 8.97. The third kappa shape index (κ3) is 5.67. The average molecular weight is 374 g/mol. The molecule has 0 spiro atoms. The van der Waals surface area contributed by atoms with Gasteiger partial charge in [-0.05, 0) is 35.4 Å². The summed E-state index contributed by atoms with van der Waals surface area (Å²) < 4.78 is 26.1. The molecule has 0 aliphatic carbocycles. The van der Waals surface area contributed by atoms with E-state index in [9.17, 15) is 4.79 Å². The highest BCUT2D eigenvalue weighted by Crippen LogP contribution is 2.38. The van der Waals surface area contributed by atoms with Gasteiger partial charge in [0.1, 0.15) is 0 Å². The van der Waals surface area contributed by atoms with Crippen LogP contribution in [0.5, 0.6) is 28.7 Å². The monoisotopic (exact) mass is 374 g/mol. The molecule has 2 rings (SSSR count). The van der Waals surface area contributed by atoms with E-state index in [1.54, 1.807) is 33.5 Å². The number of carbonyl (C=O) groups excluding carboxylic acids is 1. The molecule has 0 N–H and O–H groups in total. The van der Waals surface area contributed by atoms with Crippen LogP contribution in [0.1, 0.15) is 25.0 Å². The minimum absolute atomic E-state index is 0.351. The molecule has 146 valence electrons. The molecular formula is C21H26O6. The van der Waals surface area contributed by atoms with Crippen molar-refractivity contribution in [1.29, 1.82) is 0 Å². The van der Waals surface area contributed by atoms with Gasteiger partial charge in [-0.1, -0.05) is 32.1 Å². The lowest BCUT2D eigenvalue weighted by Crippen LogP contribution is -1.95. The van der Waals surface area contributed by atoms with Crippen LogP contribution in [0.3, 0.4) is 0 Å². The number of ether oxygens (including phenoxy) is 5.